The lowest BCUT2D eigenvalue weighted by atomic mass is 9.94. The average molecular weight is 407 g/mol. The van der Waals surface area contributed by atoms with E-state index in [1.807, 2.05) is 0 Å². The molecule has 0 spiro atoms. The van der Waals surface area contributed by atoms with Crippen LogP contribution in [-0.2, 0) is 0 Å². The molecule has 4 saturated carbocycles. The standard InChI is InChI=1S/C23H46N2Si2/c1-3-11-20(12-4-1)24(22-15-7-8-16-22)26-19-27-25(23-17-9-10-18-23)21-13-5-2-6-14-21/h20-23H,1-19,26-27H2. The molecule has 2 nitrogen and oxygen atoms in total. The van der Waals surface area contributed by atoms with E-state index in [1.165, 1.54) is 64.2 Å². The van der Waals surface area contributed by atoms with Crippen LogP contribution in [0.5, 0.6) is 0 Å². The zero-order valence-electron chi connectivity index (χ0n) is 18.1. The first kappa shape index (κ1) is 20.6. The van der Waals surface area contributed by atoms with Crippen LogP contribution in [0.25, 0.3) is 0 Å². The van der Waals surface area contributed by atoms with Gasteiger partial charge in [0.25, 0.3) is 0 Å². The maximum absolute atomic E-state index is 3.20. The Morgan fingerprint density at radius 2 is 0.667 bits per heavy atom. The Hall–Kier alpha value is 0.354. The molecular formula is C23H46N2Si2. The molecule has 0 bridgehead atoms. The van der Waals surface area contributed by atoms with Gasteiger partial charge in [-0.2, -0.15) is 0 Å². The number of rotatable bonds is 8. The summed E-state index contributed by atoms with van der Waals surface area (Å²) in [5.74, 6) is 0. The summed E-state index contributed by atoms with van der Waals surface area (Å²) in [5.41, 5.74) is 1.71. The van der Waals surface area contributed by atoms with Gasteiger partial charge in [-0.3, -0.25) is 0 Å². The number of hydrogen-bond donors (Lipinski definition) is 0. The van der Waals surface area contributed by atoms with Gasteiger partial charge in [-0.25, -0.2) is 0 Å². The quantitative estimate of drug-likeness (QED) is 0.540. The summed E-state index contributed by atoms with van der Waals surface area (Å²) in [6.45, 7) is 0. The van der Waals surface area contributed by atoms with Crippen LogP contribution in [0.1, 0.15) is 116 Å². The van der Waals surface area contributed by atoms with Gasteiger partial charge < -0.3 is 9.13 Å². The minimum absolute atomic E-state index is 0.000807. The maximum Gasteiger partial charge on any atom is 0.0938 e. The number of nitrogens with zero attached hydrogens (tertiary/aromatic N) is 2. The van der Waals surface area contributed by atoms with Gasteiger partial charge in [0.2, 0.25) is 0 Å². The summed E-state index contributed by atoms with van der Waals surface area (Å²) in [7, 11) is -0.00161. The van der Waals surface area contributed by atoms with Gasteiger partial charge in [0.05, 0.1) is 19.4 Å². The average Bonchev–Trinajstić information content (AvgIpc) is 3.44. The maximum atomic E-state index is 3.20. The van der Waals surface area contributed by atoms with Crippen molar-refractivity contribution in [1.29, 1.82) is 0 Å². The van der Waals surface area contributed by atoms with Gasteiger partial charge in [-0.15, -0.1) is 0 Å². The lowest BCUT2D eigenvalue weighted by Gasteiger charge is -2.41. The molecule has 4 aliphatic rings. The molecule has 156 valence electrons. The van der Waals surface area contributed by atoms with Gasteiger partial charge in [-0.05, 0) is 57.0 Å². The molecule has 4 aliphatic carbocycles. The van der Waals surface area contributed by atoms with E-state index in [2.05, 4.69) is 9.13 Å². The van der Waals surface area contributed by atoms with Crippen LogP contribution in [-0.4, -0.2) is 52.7 Å². The molecule has 0 heterocycles. The minimum Gasteiger partial charge on any atom is -0.324 e. The Kier molecular flexibility index (Phi) is 8.35. The van der Waals surface area contributed by atoms with Crippen LogP contribution >= 0.6 is 0 Å². The van der Waals surface area contributed by atoms with Crippen molar-refractivity contribution < 1.29 is 0 Å². The molecule has 0 saturated heterocycles. The molecule has 0 amide bonds. The van der Waals surface area contributed by atoms with E-state index in [9.17, 15) is 0 Å². The number of hydrogen-bond acceptors (Lipinski definition) is 2. The van der Waals surface area contributed by atoms with Crippen molar-refractivity contribution in [3.8, 4) is 0 Å². The largest absolute Gasteiger partial charge is 0.324 e. The molecule has 0 aliphatic heterocycles. The van der Waals surface area contributed by atoms with Crippen molar-refractivity contribution in [2.24, 2.45) is 0 Å². The highest BCUT2D eigenvalue weighted by Crippen LogP contribution is 2.32. The van der Waals surface area contributed by atoms with Gasteiger partial charge >= 0.3 is 0 Å². The Balaban J connectivity index is 1.33. The molecule has 4 fully saturated rings. The van der Waals surface area contributed by atoms with Gasteiger partial charge in [0.1, 0.15) is 0 Å². The first-order valence-electron chi connectivity index (χ1n) is 12.9. The second-order valence-electron chi connectivity index (χ2n) is 10.3. The third-order valence-corrected chi connectivity index (χ3v) is 14.1. The van der Waals surface area contributed by atoms with Crippen LogP contribution in [0, 0.1) is 0 Å². The zero-order valence-corrected chi connectivity index (χ0v) is 20.9. The van der Waals surface area contributed by atoms with Crippen LogP contribution < -0.4 is 0 Å². The lowest BCUT2D eigenvalue weighted by molar-refractivity contribution is 0.201. The fourth-order valence-electron chi connectivity index (χ4n) is 7.06. The molecule has 27 heavy (non-hydrogen) atoms. The van der Waals surface area contributed by atoms with Crippen LogP contribution in [0.3, 0.4) is 0 Å². The van der Waals surface area contributed by atoms with Crippen molar-refractivity contribution >= 4 is 19.4 Å². The summed E-state index contributed by atoms with van der Waals surface area (Å²) in [6.07, 6.45) is 27.6. The third-order valence-electron chi connectivity index (χ3n) is 8.51. The normalized spacial score (nSPS) is 28.2. The molecule has 0 unspecified atom stereocenters. The Bertz CT molecular complexity index is 371. The van der Waals surface area contributed by atoms with Crippen LogP contribution in [0.2, 0.25) is 5.67 Å². The SMILES string of the molecule is C1CCC(N([SiH2]C[SiH2]N(C2CCCCC2)C2CCCC2)C2CCCC2)CC1. The summed E-state index contributed by atoms with van der Waals surface area (Å²) < 4.78 is 6.40. The van der Waals surface area contributed by atoms with Gasteiger partial charge in [0, 0.05) is 24.2 Å². The van der Waals surface area contributed by atoms with Gasteiger partial charge in [0.15, 0.2) is 0 Å². The highest BCUT2D eigenvalue weighted by Gasteiger charge is 2.32. The summed E-state index contributed by atoms with van der Waals surface area (Å²) in [5, 5.41) is 0. The fraction of sp³-hybridized carbons (Fsp3) is 1.00. The first-order valence-corrected chi connectivity index (χ1v) is 16.2. The fourth-order valence-corrected chi connectivity index (χ4v) is 13.5. The monoisotopic (exact) mass is 406 g/mol. The predicted molar refractivity (Wildman–Crippen MR) is 124 cm³/mol. The minimum atomic E-state index is -0.000807. The van der Waals surface area contributed by atoms with E-state index in [1.54, 1.807) is 57.0 Å². The summed E-state index contributed by atoms with van der Waals surface area (Å²) >= 11 is 0. The molecule has 0 aromatic rings. The van der Waals surface area contributed by atoms with E-state index >= 15 is 0 Å². The summed E-state index contributed by atoms with van der Waals surface area (Å²) in [4.78, 5) is 0. The molecule has 0 atom stereocenters. The van der Waals surface area contributed by atoms with E-state index in [0.29, 0.717) is 0 Å². The lowest BCUT2D eigenvalue weighted by Crippen LogP contribution is -2.49. The molecule has 0 aromatic carbocycles. The second kappa shape index (κ2) is 10.9. The molecule has 0 aromatic heterocycles. The Labute approximate surface area is 174 Å². The van der Waals surface area contributed by atoms with E-state index < -0.39 is 0 Å². The highest BCUT2D eigenvalue weighted by molar-refractivity contribution is 6.53. The topological polar surface area (TPSA) is 6.48 Å². The van der Waals surface area contributed by atoms with Gasteiger partial charge in [-0.1, -0.05) is 64.2 Å². The van der Waals surface area contributed by atoms with Crippen molar-refractivity contribution in [1.82, 2.24) is 9.13 Å². The van der Waals surface area contributed by atoms with Crippen molar-refractivity contribution in [2.45, 2.75) is 145 Å². The summed E-state index contributed by atoms with van der Waals surface area (Å²) in [6, 6.07) is 4.06. The van der Waals surface area contributed by atoms with E-state index in [4.69, 9.17) is 0 Å². The van der Waals surface area contributed by atoms with Crippen molar-refractivity contribution in [3.05, 3.63) is 0 Å². The molecule has 4 rings (SSSR count). The zero-order chi connectivity index (χ0) is 18.3. The first-order chi connectivity index (χ1) is 13.4. The Morgan fingerprint density at radius 1 is 0.407 bits per heavy atom. The highest BCUT2D eigenvalue weighted by atomic mass is 28.3. The molecule has 0 radical (unpaired) electrons. The van der Waals surface area contributed by atoms with Crippen molar-refractivity contribution in [3.63, 3.8) is 0 Å². The smallest absolute Gasteiger partial charge is 0.0938 e. The third kappa shape index (κ3) is 5.70. The molecular weight excluding hydrogens is 360 g/mol. The molecule has 0 N–H and O–H groups in total. The van der Waals surface area contributed by atoms with Crippen LogP contribution in [0.15, 0.2) is 0 Å². The van der Waals surface area contributed by atoms with Crippen LogP contribution in [0.4, 0.5) is 0 Å². The predicted octanol–water partition coefficient (Wildman–Crippen LogP) is 4.68. The van der Waals surface area contributed by atoms with E-state index in [-0.39, 0.29) is 19.4 Å². The molecule has 4 heteroatoms. The van der Waals surface area contributed by atoms with E-state index in [0.717, 1.165) is 24.2 Å². The second-order valence-corrected chi connectivity index (χ2v) is 15.5. The Morgan fingerprint density at radius 3 is 0.963 bits per heavy atom. The van der Waals surface area contributed by atoms with Crippen molar-refractivity contribution in [2.75, 3.05) is 0 Å².